The SMILES string of the molecule is Cc1cc(C)cc(NC(=O)c2ccc(CN(c3cccc(Cl)c3)S(C)(=O)=O)cc2)c1. The number of sulfonamides is 1. The molecule has 1 N–H and O–H groups in total. The lowest BCUT2D eigenvalue weighted by atomic mass is 10.1. The molecule has 0 fully saturated rings. The molecule has 0 aromatic heterocycles. The maximum atomic E-state index is 12.6. The van der Waals surface area contributed by atoms with E-state index in [9.17, 15) is 13.2 Å². The first-order valence-corrected chi connectivity index (χ1v) is 11.6. The maximum Gasteiger partial charge on any atom is 0.255 e. The molecule has 3 aromatic rings. The van der Waals surface area contributed by atoms with E-state index in [1.807, 2.05) is 32.0 Å². The number of hydrogen-bond donors (Lipinski definition) is 1. The zero-order valence-electron chi connectivity index (χ0n) is 17.0. The molecule has 0 heterocycles. The Morgan fingerprint density at radius 2 is 1.60 bits per heavy atom. The number of halogens is 1. The molecule has 5 nitrogen and oxygen atoms in total. The third-order valence-corrected chi connectivity index (χ3v) is 5.89. The van der Waals surface area contributed by atoms with Crippen molar-refractivity contribution in [1.82, 2.24) is 0 Å². The molecule has 0 aliphatic rings. The number of amides is 1. The summed E-state index contributed by atoms with van der Waals surface area (Å²) < 4.78 is 25.9. The van der Waals surface area contributed by atoms with Crippen molar-refractivity contribution in [2.75, 3.05) is 15.9 Å². The van der Waals surface area contributed by atoms with E-state index in [2.05, 4.69) is 5.32 Å². The summed E-state index contributed by atoms with van der Waals surface area (Å²) in [6, 6.07) is 19.4. The quantitative estimate of drug-likeness (QED) is 0.572. The van der Waals surface area contributed by atoms with Crippen LogP contribution in [0, 0.1) is 13.8 Å². The fourth-order valence-electron chi connectivity index (χ4n) is 3.21. The second kappa shape index (κ2) is 8.90. The molecule has 0 saturated carbocycles. The summed E-state index contributed by atoms with van der Waals surface area (Å²) in [5.74, 6) is -0.221. The molecule has 0 bridgehead atoms. The minimum Gasteiger partial charge on any atom is -0.322 e. The van der Waals surface area contributed by atoms with Crippen LogP contribution in [0.4, 0.5) is 11.4 Å². The summed E-state index contributed by atoms with van der Waals surface area (Å²) in [5, 5.41) is 3.35. The first kappa shape index (κ1) is 21.9. The predicted molar refractivity (Wildman–Crippen MR) is 123 cm³/mol. The lowest BCUT2D eigenvalue weighted by Crippen LogP contribution is -2.29. The third kappa shape index (κ3) is 5.62. The van der Waals surface area contributed by atoms with Crippen molar-refractivity contribution in [3.05, 3.63) is 94.0 Å². The van der Waals surface area contributed by atoms with Gasteiger partial charge in [0.1, 0.15) is 0 Å². The minimum absolute atomic E-state index is 0.137. The van der Waals surface area contributed by atoms with Gasteiger partial charge < -0.3 is 5.32 Å². The van der Waals surface area contributed by atoms with Gasteiger partial charge in [0, 0.05) is 16.3 Å². The smallest absolute Gasteiger partial charge is 0.255 e. The summed E-state index contributed by atoms with van der Waals surface area (Å²) in [5.41, 5.74) is 4.62. The van der Waals surface area contributed by atoms with Crippen LogP contribution >= 0.6 is 11.6 Å². The molecule has 0 aliphatic heterocycles. The number of rotatable bonds is 6. The average molecular weight is 443 g/mol. The molecule has 0 spiro atoms. The van der Waals surface area contributed by atoms with Crippen molar-refractivity contribution >= 4 is 38.9 Å². The van der Waals surface area contributed by atoms with Crippen LogP contribution in [-0.2, 0) is 16.6 Å². The summed E-state index contributed by atoms with van der Waals surface area (Å²) >= 11 is 6.02. The Bertz CT molecular complexity index is 1160. The normalized spacial score (nSPS) is 11.2. The summed E-state index contributed by atoms with van der Waals surface area (Å²) in [7, 11) is -3.51. The second-order valence-electron chi connectivity index (χ2n) is 7.28. The van der Waals surface area contributed by atoms with Crippen molar-refractivity contribution in [1.29, 1.82) is 0 Å². The number of aryl methyl sites for hydroxylation is 2. The third-order valence-electron chi connectivity index (χ3n) is 4.52. The van der Waals surface area contributed by atoms with Crippen LogP contribution in [0.15, 0.2) is 66.7 Å². The van der Waals surface area contributed by atoms with Gasteiger partial charge in [0.05, 0.1) is 18.5 Å². The van der Waals surface area contributed by atoms with Gasteiger partial charge in [-0.25, -0.2) is 8.42 Å². The summed E-state index contributed by atoms with van der Waals surface area (Å²) in [6.07, 6.45) is 1.15. The van der Waals surface area contributed by atoms with Gasteiger partial charge >= 0.3 is 0 Å². The Hall–Kier alpha value is -2.83. The molecular formula is C23H23ClN2O3S. The largest absolute Gasteiger partial charge is 0.322 e. The predicted octanol–water partition coefficient (Wildman–Crippen LogP) is 5.18. The van der Waals surface area contributed by atoms with Crippen LogP contribution in [0.2, 0.25) is 5.02 Å². The highest BCUT2D eigenvalue weighted by molar-refractivity contribution is 7.92. The van der Waals surface area contributed by atoms with Gasteiger partial charge in [-0.2, -0.15) is 0 Å². The molecule has 3 aromatic carbocycles. The Morgan fingerprint density at radius 1 is 0.967 bits per heavy atom. The van der Waals surface area contributed by atoms with Crippen molar-refractivity contribution in [3.63, 3.8) is 0 Å². The van der Waals surface area contributed by atoms with Crippen LogP contribution in [0.3, 0.4) is 0 Å². The van der Waals surface area contributed by atoms with E-state index in [0.29, 0.717) is 16.3 Å². The lowest BCUT2D eigenvalue weighted by Gasteiger charge is -2.22. The number of anilines is 2. The van der Waals surface area contributed by atoms with Crippen LogP contribution in [0.25, 0.3) is 0 Å². The molecule has 0 atom stereocenters. The molecule has 0 radical (unpaired) electrons. The van der Waals surface area contributed by atoms with E-state index in [4.69, 9.17) is 11.6 Å². The van der Waals surface area contributed by atoms with Gasteiger partial charge in [-0.05, 0) is 73.0 Å². The fraction of sp³-hybridized carbons (Fsp3) is 0.174. The topological polar surface area (TPSA) is 66.5 Å². The van der Waals surface area contributed by atoms with Crippen molar-refractivity contribution in [2.24, 2.45) is 0 Å². The van der Waals surface area contributed by atoms with Crippen molar-refractivity contribution < 1.29 is 13.2 Å². The number of carbonyl (C=O) groups excluding carboxylic acids is 1. The average Bonchev–Trinajstić information content (AvgIpc) is 2.64. The lowest BCUT2D eigenvalue weighted by molar-refractivity contribution is 0.102. The van der Waals surface area contributed by atoms with E-state index < -0.39 is 10.0 Å². The molecule has 0 aliphatic carbocycles. The molecule has 0 unspecified atom stereocenters. The molecular weight excluding hydrogens is 420 g/mol. The van der Waals surface area contributed by atoms with Gasteiger partial charge in [-0.3, -0.25) is 9.10 Å². The second-order valence-corrected chi connectivity index (χ2v) is 9.62. The summed E-state index contributed by atoms with van der Waals surface area (Å²) in [6.45, 7) is 4.09. The molecule has 156 valence electrons. The van der Waals surface area contributed by atoms with E-state index in [1.165, 1.54) is 4.31 Å². The Kier molecular flexibility index (Phi) is 6.48. The van der Waals surface area contributed by atoms with Gasteiger partial charge in [0.25, 0.3) is 5.91 Å². The van der Waals surface area contributed by atoms with E-state index in [1.54, 1.807) is 48.5 Å². The number of nitrogens with zero attached hydrogens (tertiary/aromatic N) is 1. The number of carbonyl (C=O) groups is 1. The van der Waals surface area contributed by atoms with E-state index in [0.717, 1.165) is 28.6 Å². The minimum atomic E-state index is -3.51. The zero-order chi connectivity index (χ0) is 21.9. The van der Waals surface area contributed by atoms with E-state index >= 15 is 0 Å². The number of benzene rings is 3. The first-order chi connectivity index (χ1) is 14.1. The van der Waals surface area contributed by atoms with Crippen molar-refractivity contribution in [2.45, 2.75) is 20.4 Å². The van der Waals surface area contributed by atoms with Gasteiger partial charge in [-0.15, -0.1) is 0 Å². The number of hydrogen-bond acceptors (Lipinski definition) is 3. The van der Waals surface area contributed by atoms with Crippen LogP contribution < -0.4 is 9.62 Å². The molecule has 0 saturated heterocycles. The molecule has 1 amide bonds. The standard InChI is InChI=1S/C23H23ClN2O3S/c1-16-11-17(2)13-21(12-16)25-23(27)19-9-7-18(8-10-19)15-26(30(3,28)29)22-6-4-5-20(24)14-22/h4-14H,15H2,1-3H3,(H,25,27). The Labute approximate surface area is 182 Å². The molecule has 7 heteroatoms. The van der Waals surface area contributed by atoms with Gasteiger partial charge in [0.2, 0.25) is 10.0 Å². The highest BCUT2D eigenvalue weighted by Gasteiger charge is 2.18. The molecule has 30 heavy (non-hydrogen) atoms. The van der Waals surface area contributed by atoms with Crippen LogP contribution in [0.1, 0.15) is 27.0 Å². The molecule has 3 rings (SSSR count). The van der Waals surface area contributed by atoms with Crippen LogP contribution in [0.5, 0.6) is 0 Å². The highest BCUT2D eigenvalue weighted by Crippen LogP contribution is 2.24. The Morgan fingerprint density at radius 3 is 2.17 bits per heavy atom. The van der Waals surface area contributed by atoms with Gasteiger partial charge in [-0.1, -0.05) is 35.9 Å². The number of nitrogens with one attached hydrogen (secondary N) is 1. The highest BCUT2D eigenvalue weighted by atomic mass is 35.5. The maximum absolute atomic E-state index is 12.6. The van der Waals surface area contributed by atoms with Crippen LogP contribution in [-0.4, -0.2) is 20.6 Å². The zero-order valence-corrected chi connectivity index (χ0v) is 18.6. The first-order valence-electron chi connectivity index (χ1n) is 9.34. The summed E-state index contributed by atoms with van der Waals surface area (Å²) in [4.78, 5) is 12.6. The fourth-order valence-corrected chi connectivity index (χ4v) is 4.27. The van der Waals surface area contributed by atoms with Crippen molar-refractivity contribution in [3.8, 4) is 0 Å². The Balaban J connectivity index is 1.77. The van der Waals surface area contributed by atoms with Gasteiger partial charge in [0.15, 0.2) is 0 Å². The monoisotopic (exact) mass is 442 g/mol. The van der Waals surface area contributed by atoms with E-state index in [-0.39, 0.29) is 12.5 Å².